The molecule has 0 unspecified atom stereocenters. The molecule has 0 atom stereocenters. The molecule has 1 N–H and O–H groups in total. The van der Waals surface area contributed by atoms with Gasteiger partial charge in [0.1, 0.15) is 5.01 Å². The highest BCUT2D eigenvalue weighted by molar-refractivity contribution is 7.89. The van der Waals surface area contributed by atoms with E-state index in [1.807, 2.05) is 6.07 Å². The van der Waals surface area contributed by atoms with Crippen LogP contribution in [0.4, 0.5) is 5.69 Å². The van der Waals surface area contributed by atoms with Gasteiger partial charge in [-0.15, -0.1) is 11.3 Å². The van der Waals surface area contributed by atoms with Crippen molar-refractivity contribution in [1.82, 2.24) is 14.7 Å². The molecule has 2 heterocycles. The quantitative estimate of drug-likeness (QED) is 0.498. The summed E-state index contributed by atoms with van der Waals surface area (Å²) in [5.41, 5.74) is 1.74. The first-order chi connectivity index (χ1) is 12.8. The molecule has 3 rings (SSSR count). The molecule has 0 spiro atoms. The van der Waals surface area contributed by atoms with Crippen LogP contribution < -0.4 is 4.72 Å². The predicted octanol–water partition coefficient (Wildman–Crippen LogP) is 3.21. The van der Waals surface area contributed by atoms with E-state index in [0.29, 0.717) is 5.56 Å². The summed E-state index contributed by atoms with van der Waals surface area (Å²) < 4.78 is 27.8. The summed E-state index contributed by atoms with van der Waals surface area (Å²) >= 11 is 1.37. The number of hydrogen-bond donors (Lipinski definition) is 1. The Hall–Kier alpha value is -2.69. The fourth-order valence-corrected chi connectivity index (χ4v) is 4.78. The number of aromatic nitrogens is 2. The van der Waals surface area contributed by atoms with E-state index in [1.165, 1.54) is 23.5 Å². The van der Waals surface area contributed by atoms with Gasteiger partial charge in [0, 0.05) is 41.5 Å². The molecule has 27 heavy (non-hydrogen) atoms. The molecule has 0 amide bonds. The topological polar surface area (TPSA) is 115 Å². The number of nitro benzene ring substituents is 1. The molecule has 140 valence electrons. The zero-order valence-corrected chi connectivity index (χ0v) is 16.2. The number of nitro groups is 1. The lowest BCUT2D eigenvalue weighted by Gasteiger charge is -2.08. The van der Waals surface area contributed by atoms with E-state index in [0.717, 1.165) is 27.2 Å². The highest BCUT2D eigenvalue weighted by Crippen LogP contribution is 2.28. The molecule has 0 bridgehead atoms. The maximum Gasteiger partial charge on any atom is 0.270 e. The third kappa shape index (κ3) is 4.18. The summed E-state index contributed by atoms with van der Waals surface area (Å²) in [5.74, 6) is 0. The van der Waals surface area contributed by atoms with Crippen LogP contribution in [-0.4, -0.2) is 23.3 Å². The van der Waals surface area contributed by atoms with E-state index in [2.05, 4.69) is 14.7 Å². The highest BCUT2D eigenvalue weighted by atomic mass is 32.2. The van der Waals surface area contributed by atoms with E-state index in [4.69, 9.17) is 0 Å². The van der Waals surface area contributed by atoms with Crippen molar-refractivity contribution in [2.24, 2.45) is 0 Å². The smallest absolute Gasteiger partial charge is 0.264 e. The van der Waals surface area contributed by atoms with Crippen LogP contribution in [0.2, 0.25) is 0 Å². The number of hydrogen-bond acceptors (Lipinski definition) is 7. The predicted molar refractivity (Wildman–Crippen MR) is 102 cm³/mol. The molecule has 8 nitrogen and oxygen atoms in total. The van der Waals surface area contributed by atoms with E-state index >= 15 is 0 Å². The first-order valence-corrected chi connectivity index (χ1v) is 10.2. The lowest BCUT2D eigenvalue weighted by molar-refractivity contribution is -0.385. The third-order valence-electron chi connectivity index (χ3n) is 3.90. The zero-order chi connectivity index (χ0) is 19.6. The number of non-ortho nitro benzene ring substituents is 1. The van der Waals surface area contributed by atoms with Crippen molar-refractivity contribution in [1.29, 1.82) is 0 Å². The first-order valence-electron chi connectivity index (χ1n) is 7.89. The molecule has 1 aromatic carbocycles. The molecule has 2 aromatic heterocycles. The summed E-state index contributed by atoms with van der Waals surface area (Å²) in [6.07, 6.45) is 3.36. The minimum atomic E-state index is -3.91. The first kappa shape index (κ1) is 19.1. The van der Waals surface area contributed by atoms with E-state index in [-0.39, 0.29) is 17.1 Å². The van der Waals surface area contributed by atoms with E-state index in [1.54, 1.807) is 32.3 Å². The van der Waals surface area contributed by atoms with Gasteiger partial charge in [0.2, 0.25) is 10.0 Å². The van der Waals surface area contributed by atoms with Crippen molar-refractivity contribution in [3.05, 3.63) is 69.0 Å². The standard InChI is InChI=1S/C17H16N4O4S2/c1-11-5-6-14(21(22)23)8-16(11)27(24,25)19-10-15-12(2)20-17(26-15)13-4-3-7-18-9-13/h3-9,19H,10H2,1-2H3. The summed E-state index contributed by atoms with van der Waals surface area (Å²) in [4.78, 5) is 19.5. The van der Waals surface area contributed by atoms with Crippen molar-refractivity contribution < 1.29 is 13.3 Å². The Morgan fingerprint density at radius 1 is 1.26 bits per heavy atom. The molecule has 0 radical (unpaired) electrons. The lowest BCUT2D eigenvalue weighted by atomic mass is 10.2. The second-order valence-corrected chi connectivity index (χ2v) is 8.62. The van der Waals surface area contributed by atoms with Crippen molar-refractivity contribution in [2.45, 2.75) is 25.3 Å². The number of nitrogens with one attached hydrogen (secondary N) is 1. The van der Waals surface area contributed by atoms with Gasteiger partial charge in [-0.25, -0.2) is 18.1 Å². The number of benzene rings is 1. The zero-order valence-electron chi connectivity index (χ0n) is 14.5. The minimum absolute atomic E-state index is 0.0498. The van der Waals surface area contributed by atoms with Crippen LogP contribution in [0.25, 0.3) is 10.6 Å². The molecule has 10 heteroatoms. The molecule has 3 aromatic rings. The number of thiazole rings is 1. The van der Waals surface area contributed by atoms with Crippen LogP contribution in [0.3, 0.4) is 0 Å². The van der Waals surface area contributed by atoms with Crippen molar-refractivity contribution in [2.75, 3.05) is 0 Å². The Kier molecular flexibility index (Phi) is 5.31. The molecule has 0 saturated carbocycles. The Morgan fingerprint density at radius 2 is 2.04 bits per heavy atom. The molecule has 0 aliphatic heterocycles. The highest BCUT2D eigenvalue weighted by Gasteiger charge is 2.21. The minimum Gasteiger partial charge on any atom is -0.264 e. The van der Waals surface area contributed by atoms with Gasteiger partial charge in [0.25, 0.3) is 5.69 Å². The van der Waals surface area contributed by atoms with E-state index in [9.17, 15) is 18.5 Å². The number of pyridine rings is 1. The molecule has 0 saturated heterocycles. The SMILES string of the molecule is Cc1ccc([N+](=O)[O-])cc1S(=O)(=O)NCc1sc(-c2cccnc2)nc1C. The maximum atomic E-state index is 12.6. The average molecular weight is 404 g/mol. The number of aryl methyl sites for hydroxylation is 2. The van der Waals surface area contributed by atoms with Crippen molar-refractivity contribution >= 4 is 27.0 Å². The molecule has 0 fully saturated rings. The summed E-state index contributed by atoms with van der Waals surface area (Å²) in [7, 11) is -3.91. The Balaban J connectivity index is 1.83. The molecule has 0 aliphatic carbocycles. The second-order valence-electron chi connectivity index (χ2n) is 5.80. The second kappa shape index (κ2) is 7.51. The van der Waals surface area contributed by atoms with Gasteiger partial charge in [-0.1, -0.05) is 6.07 Å². The normalized spacial score (nSPS) is 11.5. The number of rotatable bonds is 6. The van der Waals surface area contributed by atoms with Crippen LogP contribution >= 0.6 is 11.3 Å². The molecular weight excluding hydrogens is 388 g/mol. The van der Waals surface area contributed by atoms with Crippen molar-refractivity contribution in [3.63, 3.8) is 0 Å². The van der Waals surface area contributed by atoms with Crippen LogP contribution in [0.5, 0.6) is 0 Å². The fraction of sp³-hybridized carbons (Fsp3) is 0.176. The van der Waals surface area contributed by atoms with Gasteiger partial charge >= 0.3 is 0 Å². The van der Waals surface area contributed by atoms with Crippen LogP contribution in [0, 0.1) is 24.0 Å². The average Bonchev–Trinajstić information content (AvgIpc) is 3.02. The monoisotopic (exact) mass is 404 g/mol. The molecule has 0 aliphatic rings. The number of nitrogens with zero attached hydrogens (tertiary/aromatic N) is 3. The van der Waals surface area contributed by atoms with Crippen LogP contribution in [0.15, 0.2) is 47.6 Å². The number of sulfonamides is 1. The third-order valence-corrected chi connectivity index (χ3v) is 6.65. The Labute approximate surface area is 160 Å². The Morgan fingerprint density at radius 3 is 2.70 bits per heavy atom. The largest absolute Gasteiger partial charge is 0.270 e. The summed E-state index contributed by atoms with van der Waals surface area (Å²) in [6.45, 7) is 3.45. The Bertz CT molecular complexity index is 1100. The lowest BCUT2D eigenvalue weighted by Crippen LogP contribution is -2.24. The van der Waals surface area contributed by atoms with Crippen LogP contribution in [-0.2, 0) is 16.6 Å². The van der Waals surface area contributed by atoms with E-state index < -0.39 is 14.9 Å². The van der Waals surface area contributed by atoms with Gasteiger partial charge in [-0.3, -0.25) is 15.1 Å². The van der Waals surface area contributed by atoms with Crippen molar-refractivity contribution in [3.8, 4) is 10.6 Å². The fourth-order valence-electron chi connectivity index (χ4n) is 2.43. The van der Waals surface area contributed by atoms with Crippen LogP contribution in [0.1, 0.15) is 16.1 Å². The molecular formula is C17H16N4O4S2. The van der Waals surface area contributed by atoms with Gasteiger partial charge in [-0.2, -0.15) is 0 Å². The van der Waals surface area contributed by atoms with Gasteiger partial charge in [-0.05, 0) is 31.5 Å². The maximum absolute atomic E-state index is 12.6. The van der Waals surface area contributed by atoms with Gasteiger partial charge in [0.15, 0.2) is 0 Å². The van der Waals surface area contributed by atoms with Gasteiger partial charge < -0.3 is 0 Å². The summed E-state index contributed by atoms with van der Waals surface area (Å²) in [6, 6.07) is 7.45. The summed E-state index contributed by atoms with van der Waals surface area (Å²) in [5, 5.41) is 11.7. The van der Waals surface area contributed by atoms with Gasteiger partial charge in [0.05, 0.1) is 15.5 Å².